The predicted octanol–water partition coefficient (Wildman–Crippen LogP) is 5.60. The molecular formula is C33H35NO6S2. The Morgan fingerprint density at radius 1 is 0.786 bits per heavy atom. The molecule has 3 N–H and O–H groups in total. The predicted molar refractivity (Wildman–Crippen MR) is 165 cm³/mol. The van der Waals surface area contributed by atoms with Crippen LogP contribution >= 0.6 is 11.8 Å². The van der Waals surface area contributed by atoms with Crippen LogP contribution in [-0.2, 0) is 32.6 Å². The van der Waals surface area contributed by atoms with Crippen LogP contribution in [0.3, 0.4) is 0 Å². The average molecular weight is 606 g/mol. The van der Waals surface area contributed by atoms with Gasteiger partial charge in [-0.2, -0.15) is 11.8 Å². The molecule has 1 heterocycles. The zero-order valence-electron chi connectivity index (χ0n) is 23.1. The Hall–Kier alpha value is -3.02. The van der Waals surface area contributed by atoms with E-state index in [-0.39, 0.29) is 36.9 Å². The lowest BCUT2D eigenvalue weighted by atomic mass is 9.99. The standard InChI is InChI=1S/C33H35NO6S2/c35-16-17-41-23-30-20-32(26-14-12-24(22-36)13-15-26)40-33(39-30)29-9-5-8-28(19-29)27-7-4-6-25(18-27)21-34-42(37,38)31-10-2-1-3-11-31/h1-15,18-19,30,32-36H,16-17,20-23H2/t30-,32+,33+/m1/s1. The molecule has 7 nitrogen and oxygen atoms in total. The van der Waals surface area contributed by atoms with Crippen molar-refractivity contribution in [1.29, 1.82) is 0 Å². The molecule has 42 heavy (non-hydrogen) atoms. The summed E-state index contributed by atoms with van der Waals surface area (Å²) in [7, 11) is -3.61. The highest BCUT2D eigenvalue weighted by molar-refractivity contribution is 7.99. The van der Waals surface area contributed by atoms with Crippen molar-refractivity contribution in [3.05, 3.63) is 125 Å². The van der Waals surface area contributed by atoms with Gasteiger partial charge in [0.2, 0.25) is 10.0 Å². The van der Waals surface area contributed by atoms with Crippen LogP contribution in [0.15, 0.2) is 108 Å². The first-order valence-corrected chi connectivity index (χ1v) is 16.5. The lowest BCUT2D eigenvalue weighted by Gasteiger charge is -2.36. The number of hydrogen-bond donors (Lipinski definition) is 3. The summed E-state index contributed by atoms with van der Waals surface area (Å²) >= 11 is 1.65. The minimum atomic E-state index is -3.61. The van der Waals surface area contributed by atoms with E-state index >= 15 is 0 Å². The van der Waals surface area contributed by atoms with Crippen molar-refractivity contribution < 1.29 is 28.1 Å². The number of rotatable bonds is 12. The van der Waals surface area contributed by atoms with Crippen LogP contribution < -0.4 is 4.72 Å². The quantitative estimate of drug-likeness (QED) is 0.181. The fraction of sp³-hybridized carbons (Fsp3) is 0.273. The fourth-order valence-electron chi connectivity index (χ4n) is 4.89. The summed E-state index contributed by atoms with van der Waals surface area (Å²) < 4.78 is 40.9. The van der Waals surface area contributed by atoms with Gasteiger partial charge in [0.15, 0.2) is 6.29 Å². The van der Waals surface area contributed by atoms with Gasteiger partial charge in [-0.1, -0.05) is 78.9 Å². The van der Waals surface area contributed by atoms with E-state index in [1.807, 2.05) is 72.8 Å². The number of sulfonamides is 1. The van der Waals surface area contributed by atoms with Gasteiger partial charge in [0, 0.05) is 30.0 Å². The monoisotopic (exact) mass is 605 g/mol. The van der Waals surface area contributed by atoms with Crippen molar-refractivity contribution in [2.45, 2.75) is 43.0 Å². The molecule has 5 rings (SSSR count). The smallest absolute Gasteiger partial charge is 0.240 e. The molecule has 0 unspecified atom stereocenters. The Kier molecular flexibility index (Phi) is 10.5. The van der Waals surface area contributed by atoms with E-state index in [0.717, 1.165) is 39.1 Å². The second-order valence-corrected chi connectivity index (χ2v) is 13.0. The van der Waals surface area contributed by atoms with E-state index in [1.165, 1.54) is 0 Å². The van der Waals surface area contributed by atoms with Crippen molar-refractivity contribution in [2.24, 2.45) is 0 Å². The van der Waals surface area contributed by atoms with Crippen LogP contribution in [0.25, 0.3) is 11.1 Å². The van der Waals surface area contributed by atoms with Crippen molar-refractivity contribution in [3.63, 3.8) is 0 Å². The molecule has 4 aromatic carbocycles. The molecule has 3 atom stereocenters. The summed E-state index contributed by atoms with van der Waals surface area (Å²) in [4.78, 5) is 0.233. The third-order valence-corrected chi connectivity index (χ3v) is 9.59. The summed E-state index contributed by atoms with van der Waals surface area (Å²) in [5.41, 5.74) is 5.52. The minimum Gasteiger partial charge on any atom is -0.396 e. The molecule has 1 aliphatic heterocycles. The zero-order valence-corrected chi connectivity index (χ0v) is 24.8. The third-order valence-electron chi connectivity index (χ3n) is 7.09. The van der Waals surface area contributed by atoms with Crippen LogP contribution in [0.1, 0.15) is 41.1 Å². The van der Waals surface area contributed by atoms with Crippen molar-refractivity contribution in [1.82, 2.24) is 4.72 Å². The summed E-state index contributed by atoms with van der Waals surface area (Å²) in [6, 6.07) is 31.9. The molecule has 0 amide bonds. The average Bonchev–Trinajstić information content (AvgIpc) is 3.04. The molecule has 1 aliphatic rings. The Labute approximate surface area is 251 Å². The number of nitrogens with one attached hydrogen (secondary N) is 1. The van der Waals surface area contributed by atoms with E-state index < -0.39 is 16.3 Å². The van der Waals surface area contributed by atoms with Gasteiger partial charge >= 0.3 is 0 Å². The zero-order chi connectivity index (χ0) is 29.4. The van der Waals surface area contributed by atoms with E-state index in [0.29, 0.717) is 12.2 Å². The number of thioether (sulfide) groups is 1. The Bertz CT molecular complexity index is 1550. The minimum absolute atomic E-state index is 0.00907. The third kappa shape index (κ3) is 7.87. The van der Waals surface area contributed by atoms with E-state index in [1.54, 1.807) is 42.1 Å². The van der Waals surface area contributed by atoms with Gasteiger partial charge < -0.3 is 19.7 Å². The highest BCUT2D eigenvalue weighted by Gasteiger charge is 2.32. The number of aliphatic hydroxyl groups excluding tert-OH is 2. The van der Waals surface area contributed by atoms with Gasteiger partial charge in [0.05, 0.1) is 30.3 Å². The largest absolute Gasteiger partial charge is 0.396 e. The highest BCUT2D eigenvalue weighted by Crippen LogP contribution is 2.39. The first kappa shape index (κ1) is 30.4. The number of hydrogen-bond acceptors (Lipinski definition) is 7. The van der Waals surface area contributed by atoms with Crippen molar-refractivity contribution in [2.75, 3.05) is 18.1 Å². The molecule has 0 spiro atoms. The SMILES string of the molecule is O=S(=O)(NCc1cccc(-c2cccc([C@H]3O[C@@H](CSCCO)C[C@@H](c4ccc(CO)cc4)O3)c2)c1)c1ccccc1. The second-order valence-electron chi connectivity index (χ2n) is 10.1. The van der Waals surface area contributed by atoms with Gasteiger partial charge in [-0.3, -0.25) is 0 Å². The maximum atomic E-state index is 12.7. The normalized spacial score (nSPS) is 19.0. The number of aliphatic hydroxyl groups is 2. The lowest BCUT2D eigenvalue weighted by Crippen LogP contribution is -2.31. The highest BCUT2D eigenvalue weighted by atomic mass is 32.2. The van der Waals surface area contributed by atoms with E-state index in [2.05, 4.69) is 4.72 Å². The number of ether oxygens (including phenoxy) is 2. The Morgan fingerprint density at radius 3 is 2.26 bits per heavy atom. The topological polar surface area (TPSA) is 105 Å². The Balaban J connectivity index is 1.34. The van der Waals surface area contributed by atoms with Crippen molar-refractivity contribution in [3.8, 4) is 11.1 Å². The molecule has 1 fully saturated rings. The molecule has 0 aromatic heterocycles. The molecule has 0 bridgehead atoms. The maximum Gasteiger partial charge on any atom is 0.240 e. The summed E-state index contributed by atoms with van der Waals surface area (Å²) in [6.07, 6.45) is -0.135. The van der Waals surface area contributed by atoms with Gasteiger partial charge in [0.1, 0.15) is 0 Å². The first-order chi connectivity index (χ1) is 20.4. The van der Waals surface area contributed by atoms with Gasteiger partial charge in [-0.25, -0.2) is 13.1 Å². The second kappa shape index (κ2) is 14.4. The van der Waals surface area contributed by atoms with Gasteiger partial charge in [-0.05, 0) is 52.1 Å². The molecular weight excluding hydrogens is 570 g/mol. The molecule has 0 saturated carbocycles. The summed E-state index contributed by atoms with van der Waals surface area (Å²) in [5.74, 6) is 1.39. The molecule has 0 aliphatic carbocycles. The molecule has 9 heteroatoms. The van der Waals surface area contributed by atoms with Crippen LogP contribution in [0.2, 0.25) is 0 Å². The summed E-state index contributed by atoms with van der Waals surface area (Å²) in [6.45, 7) is 0.284. The van der Waals surface area contributed by atoms with E-state index in [4.69, 9.17) is 9.47 Å². The fourth-order valence-corrected chi connectivity index (χ4v) is 6.70. The Morgan fingerprint density at radius 2 is 1.52 bits per heavy atom. The molecule has 4 aromatic rings. The maximum absolute atomic E-state index is 12.7. The molecule has 1 saturated heterocycles. The van der Waals surface area contributed by atoms with Gasteiger partial charge in [0.25, 0.3) is 0 Å². The number of benzene rings is 4. The van der Waals surface area contributed by atoms with Crippen LogP contribution in [0, 0.1) is 0 Å². The van der Waals surface area contributed by atoms with Crippen LogP contribution in [-0.4, -0.2) is 42.8 Å². The summed E-state index contributed by atoms with van der Waals surface area (Å²) in [5, 5.41) is 18.7. The van der Waals surface area contributed by atoms with Gasteiger partial charge in [-0.15, -0.1) is 0 Å². The van der Waals surface area contributed by atoms with Crippen LogP contribution in [0.4, 0.5) is 0 Å². The molecule has 0 radical (unpaired) electrons. The van der Waals surface area contributed by atoms with Crippen LogP contribution in [0.5, 0.6) is 0 Å². The lowest BCUT2D eigenvalue weighted by molar-refractivity contribution is -0.245. The molecule has 220 valence electrons. The first-order valence-electron chi connectivity index (χ1n) is 13.9. The van der Waals surface area contributed by atoms with Crippen molar-refractivity contribution >= 4 is 21.8 Å². The van der Waals surface area contributed by atoms with E-state index in [9.17, 15) is 18.6 Å².